The molecule has 0 aliphatic heterocycles. The van der Waals surface area contributed by atoms with Gasteiger partial charge in [-0.1, -0.05) is 42.9 Å². The molecule has 0 saturated carbocycles. The lowest BCUT2D eigenvalue weighted by Gasteiger charge is -2.11. The Morgan fingerprint density at radius 2 is 1.76 bits per heavy atom. The van der Waals surface area contributed by atoms with Gasteiger partial charge in [-0.05, 0) is 55.2 Å². The van der Waals surface area contributed by atoms with Crippen molar-refractivity contribution in [3.05, 3.63) is 59.9 Å². The van der Waals surface area contributed by atoms with Crippen molar-refractivity contribution in [3.8, 4) is 0 Å². The number of nitrogens with zero attached hydrogens (tertiary/aromatic N) is 3. The van der Waals surface area contributed by atoms with Gasteiger partial charge < -0.3 is 16.4 Å². The molecule has 2 aromatic heterocycles. The molecular formula is C22H24N6S. The van der Waals surface area contributed by atoms with E-state index < -0.39 is 0 Å². The molecule has 0 fully saturated rings. The molecule has 148 valence electrons. The van der Waals surface area contributed by atoms with Crippen LogP contribution in [-0.4, -0.2) is 15.0 Å². The first-order chi connectivity index (χ1) is 14.1. The van der Waals surface area contributed by atoms with E-state index in [1.165, 1.54) is 30.3 Å². The van der Waals surface area contributed by atoms with Crippen LogP contribution in [0.5, 0.6) is 0 Å². The molecule has 29 heavy (non-hydrogen) atoms. The third kappa shape index (κ3) is 4.46. The second-order valence-corrected chi connectivity index (χ2v) is 8.06. The van der Waals surface area contributed by atoms with Crippen molar-refractivity contribution in [1.82, 2.24) is 15.0 Å². The molecule has 6 nitrogen and oxygen atoms in total. The molecular weight excluding hydrogens is 380 g/mol. The topological polar surface area (TPSA) is 88.8 Å². The van der Waals surface area contributed by atoms with Crippen LogP contribution >= 0.6 is 11.3 Å². The van der Waals surface area contributed by atoms with Gasteiger partial charge in [-0.15, -0.1) is 0 Å². The fourth-order valence-electron chi connectivity index (χ4n) is 3.05. The SMILES string of the molecule is CCCCc1ccc(Nc2ncnc(Nc3nc4ccc(C)cc4s3)c2N)cc1. The van der Waals surface area contributed by atoms with E-state index >= 15 is 0 Å². The number of hydrogen-bond donors (Lipinski definition) is 3. The summed E-state index contributed by atoms with van der Waals surface area (Å²) in [5.41, 5.74) is 11.2. The maximum atomic E-state index is 6.32. The summed E-state index contributed by atoms with van der Waals surface area (Å²) in [6, 6.07) is 14.6. The van der Waals surface area contributed by atoms with E-state index in [1.54, 1.807) is 11.3 Å². The van der Waals surface area contributed by atoms with Crippen molar-refractivity contribution < 1.29 is 0 Å². The largest absolute Gasteiger partial charge is 0.393 e. The minimum Gasteiger partial charge on any atom is -0.393 e. The van der Waals surface area contributed by atoms with Gasteiger partial charge in [-0.25, -0.2) is 15.0 Å². The molecule has 0 aliphatic rings. The van der Waals surface area contributed by atoms with Crippen molar-refractivity contribution >= 4 is 49.7 Å². The number of benzene rings is 2. The summed E-state index contributed by atoms with van der Waals surface area (Å²) in [5, 5.41) is 7.27. The summed E-state index contributed by atoms with van der Waals surface area (Å²) in [7, 11) is 0. The minimum atomic E-state index is 0.456. The molecule has 4 rings (SSSR count). The molecule has 7 heteroatoms. The Kier molecular flexibility index (Phi) is 5.57. The molecule has 0 amide bonds. The lowest BCUT2D eigenvalue weighted by atomic mass is 10.1. The van der Waals surface area contributed by atoms with Gasteiger partial charge >= 0.3 is 0 Å². The number of anilines is 5. The third-order valence-corrected chi connectivity index (χ3v) is 5.62. The number of hydrogen-bond acceptors (Lipinski definition) is 7. The van der Waals surface area contributed by atoms with Crippen molar-refractivity contribution in [2.45, 2.75) is 33.1 Å². The van der Waals surface area contributed by atoms with Crippen molar-refractivity contribution in [2.24, 2.45) is 0 Å². The highest BCUT2D eigenvalue weighted by Crippen LogP contribution is 2.32. The molecule has 4 aromatic rings. The smallest absolute Gasteiger partial charge is 0.189 e. The maximum Gasteiger partial charge on any atom is 0.189 e. The van der Waals surface area contributed by atoms with E-state index in [-0.39, 0.29) is 0 Å². The van der Waals surface area contributed by atoms with E-state index in [2.05, 4.69) is 75.8 Å². The second kappa shape index (κ2) is 8.45. The van der Waals surface area contributed by atoms with E-state index in [1.807, 2.05) is 6.07 Å². The van der Waals surface area contributed by atoms with E-state index in [9.17, 15) is 0 Å². The standard InChI is InChI=1S/C22H24N6S/c1-3-4-5-15-7-9-16(10-8-15)26-20-19(23)21(25-13-24-20)28-22-27-17-11-6-14(2)12-18(17)29-22/h6-13H,3-5,23H2,1-2H3,(H2,24,25,26,27,28). The number of thiazole rings is 1. The number of fused-ring (bicyclic) bond motifs is 1. The highest BCUT2D eigenvalue weighted by Gasteiger charge is 2.11. The first-order valence-corrected chi connectivity index (χ1v) is 10.5. The van der Waals surface area contributed by atoms with Crippen LogP contribution in [0.25, 0.3) is 10.2 Å². The van der Waals surface area contributed by atoms with Crippen LogP contribution in [0.4, 0.5) is 28.1 Å². The summed E-state index contributed by atoms with van der Waals surface area (Å²) in [5.74, 6) is 1.11. The van der Waals surface area contributed by atoms with Crippen LogP contribution in [0.15, 0.2) is 48.8 Å². The predicted octanol–water partition coefficient (Wildman–Crippen LogP) is 5.81. The molecule has 0 saturated heterocycles. The number of rotatable bonds is 7. The summed E-state index contributed by atoms with van der Waals surface area (Å²) < 4.78 is 1.13. The molecule has 0 unspecified atom stereocenters. The Hall–Kier alpha value is -3.19. The Labute approximate surface area is 174 Å². The number of unbranched alkanes of at least 4 members (excludes halogenated alkanes) is 1. The van der Waals surface area contributed by atoms with Crippen molar-refractivity contribution in [3.63, 3.8) is 0 Å². The van der Waals surface area contributed by atoms with Gasteiger partial charge in [0.05, 0.1) is 10.2 Å². The molecule has 0 atom stereocenters. The zero-order chi connectivity index (χ0) is 20.2. The summed E-state index contributed by atoms with van der Waals surface area (Å²) >= 11 is 1.57. The van der Waals surface area contributed by atoms with E-state index in [4.69, 9.17) is 5.73 Å². The fourth-order valence-corrected chi connectivity index (χ4v) is 4.02. The first-order valence-electron chi connectivity index (χ1n) is 9.73. The zero-order valence-electron chi connectivity index (χ0n) is 16.6. The predicted molar refractivity (Wildman–Crippen MR) is 122 cm³/mol. The Morgan fingerprint density at radius 3 is 2.52 bits per heavy atom. The average molecular weight is 405 g/mol. The van der Waals surface area contributed by atoms with Crippen LogP contribution in [0.3, 0.4) is 0 Å². The van der Waals surface area contributed by atoms with Crippen LogP contribution in [0.1, 0.15) is 30.9 Å². The van der Waals surface area contributed by atoms with Crippen LogP contribution in [0, 0.1) is 6.92 Å². The third-order valence-electron chi connectivity index (χ3n) is 4.69. The highest BCUT2D eigenvalue weighted by molar-refractivity contribution is 7.22. The zero-order valence-corrected chi connectivity index (χ0v) is 17.4. The quantitative estimate of drug-likeness (QED) is 0.360. The lowest BCUT2D eigenvalue weighted by molar-refractivity contribution is 0.795. The number of nitrogens with two attached hydrogens (primary N) is 1. The molecule has 0 bridgehead atoms. The summed E-state index contributed by atoms with van der Waals surface area (Å²) in [4.78, 5) is 13.2. The fraction of sp³-hybridized carbons (Fsp3) is 0.227. The number of nitrogen functional groups attached to an aromatic ring is 1. The van der Waals surface area contributed by atoms with Gasteiger partial charge in [0.2, 0.25) is 0 Å². The first kappa shape index (κ1) is 19.1. The average Bonchev–Trinajstić information content (AvgIpc) is 3.12. The molecule has 0 spiro atoms. The normalized spacial score (nSPS) is 11.0. The van der Waals surface area contributed by atoms with Gasteiger partial charge in [0.25, 0.3) is 0 Å². The maximum absolute atomic E-state index is 6.32. The minimum absolute atomic E-state index is 0.456. The van der Waals surface area contributed by atoms with Crippen LogP contribution < -0.4 is 16.4 Å². The monoisotopic (exact) mass is 404 g/mol. The molecule has 4 N–H and O–H groups in total. The van der Waals surface area contributed by atoms with Gasteiger partial charge in [0.1, 0.15) is 12.0 Å². The molecule has 0 aliphatic carbocycles. The van der Waals surface area contributed by atoms with E-state index in [0.29, 0.717) is 17.3 Å². The Morgan fingerprint density at radius 1 is 1.00 bits per heavy atom. The summed E-state index contributed by atoms with van der Waals surface area (Å²) in [6.07, 6.45) is 4.99. The highest BCUT2D eigenvalue weighted by atomic mass is 32.1. The number of nitrogens with one attached hydrogen (secondary N) is 2. The van der Waals surface area contributed by atoms with Crippen molar-refractivity contribution in [1.29, 1.82) is 0 Å². The van der Waals surface area contributed by atoms with Gasteiger partial charge in [-0.3, -0.25) is 0 Å². The summed E-state index contributed by atoms with van der Waals surface area (Å²) in [6.45, 7) is 4.28. The van der Waals surface area contributed by atoms with Crippen LogP contribution in [-0.2, 0) is 6.42 Å². The molecule has 2 aromatic carbocycles. The van der Waals surface area contributed by atoms with Crippen LogP contribution in [0.2, 0.25) is 0 Å². The Balaban J connectivity index is 1.52. The van der Waals surface area contributed by atoms with Gasteiger partial charge in [0.15, 0.2) is 16.8 Å². The lowest BCUT2D eigenvalue weighted by Crippen LogP contribution is -2.05. The Bertz CT molecular complexity index is 1120. The number of aryl methyl sites for hydroxylation is 2. The molecule has 2 heterocycles. The number of aromatic nitrogens is 3. The second-order valence-electron chi connectivity index (χ2n) is 7.03. The molecule has 0 radical (unpaired) electrons. The van der Waals surface area contributed by atoms with Gasteiger partial charge in [-0.2, -0.15) is 0 Å². The van der Waals surface area contributed by atoms with Gasteiger partial charge in [0, 0.05) is 5.69 Å². The van der Waals surface area contributed by atoms with Crippen molar-refractivity contribution in [2.75, 3.05) is 16.4 Å². The van der Waals surface area contributed by atoms with E-state index in [0.717, 1.165) is 27.5 Å².